The fourth-order valence-electron chi connectivity index (χ4n) is 2.11. The van der Waals surface area contributed by atoms with Crippen molar-refractivity contribution in [1.82, 2.24) is 4.90 Å². The molecule has 18 heavy (non-hydrogen) atoms. The van der Waals surface area contributed by atoms with Crippen molar-refractivity contribution in [2.24, 2.45) is 0 Å². The fourth-order valence-corrected chi connectivity index (χ4v) is 3.19. The molecule has 1 aliphatic heterocycles. The number of nitro benzene ring substituents is 1. The maximum absolute atomic E-state index is 10.8. The summed E-state index contributed by atoms with van der Waals surface area (Å²) in [5.74, 6) is 2.22. The van der Waals surface area contributed by atoms with Crippen LogP contribution in [-0.2, 0) is 6.54 Å². The first kappa shape index (κ1) is 13.2. The first-order valence-corrected chi connectivity index (χ1v) is 7.08. The van der Waals surface area contributed by atoms with Crippen molar-refractivity contribution >= 4 is 23.1 Å². The first-order valence-electron chi connectivity index (χ1n) is 5.93. The number of rotatable bonds is 3. The van der Waals surface area contributed by atoms with Gasteiger partial charge in [-0.2, -0.15) is 11.8 Å². The molecule has 1 heterocycles. The summed E-state index contributed by atoms with van der Waals surface area (Å²) < 4.78 is 0. The van der Waals surface area contributed by atoms with Crippen LogP contribution in [0, 0.1) is 10.1 Å². The van der Waals surface area contributed by atoms with Crippen molar-refractivity contribution in [2.75, 3.05) is 23.8 Å². The highest BCUT2D eigenvalue weighted by molar-refractivity contribution is 7.99. The molecule has 1 aromatic rings. The van der Waals surface area contributed by atoms with Crippen molar-refractivity contribution in [3.63, 3.8) is 0 Å². The van der Waals surface area contributed by atoms with E-state index in [1.165, 1.54) is 6.07 Å². The Morgan fingerprint density at radius 2 is 2.39 bits per heavy atom. The van der Waals surface area contributed by atoms with Crippen LogP contribution in [0.15, 0.2) is 18.2 Å². The Morgan fingerprint density at radius 1 is 1.61 bits per heavy atom. The van der Waals surface area contributed by atoms with E-state index in [0.29, 0.717) is 18.3 Å². The average Bonchev–Trinajstić information content (AvgIpc) is 2.34. The minimum Gasteiger partial charge on any atom is -0.393 e. The molecule has 1 unspecified atom stereocenters. The van der Waals surface area contributed by atoms with Gasteiger partial charge in [-0.15, -0.1) is 0 Å². The molecule has 0 aliphatic carbocycles. The average molecular weight is 267 g/mol. The Kier molecular flexibility index (Phi) is 4.08. The van der Waals surface area contributed by atoms with E-state index in [1.54, 1.807) is 6.07 Å². The SMILES string of the molecule is CC1CSCCN1Cc1cccc([N+](=O)[O-])c1N. The molecule has 0 spiro atoms. The topological polar surface area (TPSA) is 72.4 Å². The zero-order chi connectivity index (χ0) is 13.1. The minimum absolute atomic E-state index is 0.00605. The van der Waals surface area contributed by atoms with E-state index in [2.05, 4.69) is 11.8 Å². The Bertz CT molecular complexity index is 453. The van der Waals surface area contributed by atoms with E-state index in [-0.39, 0.29) is 5.69 Å². The zero-order valence-corrected chi connectivity index (χ0v) is 11.2. The van der Waals surface area contributed by atoms with Crippen LogP contribution in [0.4, 0.5) is 11.4 Å². The maximum atomic E-state index is 10.8. The summed E-state index contributed by atoms with van der Waals surface area (Å²) in [6.45, 7) is 3.88. The number of thioether (sulfide) groups is 1. The van der Waals surface area contributed by atoms with Crippen LogP contribution in [0.5, 0.6) is 0 Å². The molecule has 0 bridgehead atoms. The number of nitro groups is 1. The van der Waals surface area contributed by atoms with Gasteiger partial charge < -0.3 is 5.73 Å². The second-order valence-corrected chi connectivity index (χ2v) is 5.65. The highest BCUT2D eigenvalue weighted by Gasteiger charge is 2.21. The Labute approximate surface area is 110 Å². The third-order valence-corrected chi connectivity index (χ3v) is 4.44. The number of nitrogens with two attached hydrogens (primary N) is 1. The molecule has 6 heteroatoms. The lowest BCUT2D eigenvalue weighted by molar-refractivity contribution is -0.384. The van der Waals surface area contributed by atoms with Gasteiger partial charge in [0.2, 0.25) is 0 Å². The number of nitrogens with zero attached hydrogens (tertiary/aromatic N) is 2. The molecule has 1 aromatic carbocycles. The molecular weight excluding hydrogens is 250 g/mol. The second kappa shape index (κ2) is 5.58. The fraction of sp³-hybridized carbons (Fsp3) is 0.500. The van der Waals surface area contributed by atoms with E-state index in [1.807, 2.05) is 17.8 Å². The van der Waals surface area contributed by atoms with Gasteiger partial charge in [0, 0.05) is 36.7 Å². The van der Waals surface area contributed by atoms with Gasteiger partial charge in [-0.05, 0) is 12.5 Å². The zero-order valence-electron chi connectivity index (χ0n) is 10.3. The van der Waals surface area contributed by atoms with Gasteiger partial charge in [-0.1, -0.05) is 12.1 Å². The molecule has 0 radical (unpaired) electrons. The molecule has 2 N–H and O–H groups in total. The van der Waals surface area contributed by atoms with Gasteiger partial charge in [-0.25, -0.2) is 0 Å². The molecule has 0 aromatic heterocycles. The summed E-state index contributed by atoms with van der Waals surface area (Å²) in [5, 5.41) is 10.8. The van der Waals surface area contributed by atoms with Crippen molar-refractivity contribution in [1.29, 1.82) is 0 Å². The second-order valence-electron chi connectivity index (χ2n) is 4.50. The van der Waals surface area contributed by atoms with Crippen LogP contribution < -0.4 is 5.73 Å². The summed E-state index contributed by atoms with van der Waals surface area (Å²) in [4.78, 5) is 12.7. The number of benzene rings is 1. The Hall–Kier alpha value is -1.27. The quantitative estimate of drug-likeness (QED) is 0.516. The lowest BCUT2D eigenvalue weighted by Gasteiger charge is -2.33. The van der Waals surface area contributed by atoms with Crippen molar-refractivity contribution in [3.05, 3.63) is 33.9 Å². The summed E-state index contributed by atoms with van der Waals surface area (Å²) in [5.41, 5.74) is 7.03. The molecule has 1 atom stereocenters. The number of nitrogen functional groups attached to an aromatic ring is 1. The smallest absolute Gasteiger partial charge is 0.292 e. The van der Waals surface area contributed by atoms with Crippen LogP contribution >= 0.6 is 11.8 Å². The highest BCUT2D eigenvalue weighted by Crippen LogP contribution is 2.27. The van der Waals surface area contributed by atoms with Crippen LogP contribution in [-0.4, -0.2) is 33.9 Å². The van der Waals surface area contributed by atoms with Gasteiger partial charge in [0.1, 0.15) is 5.69 Å². The molecule has 5 nitrogen and oxygen atoms in total. The summed E-state index contributed by atoms with van der Waals surface area (Å²) in [7, 11) is 0. The number of hydrogen-bond acceptors (Lipinski definition) is 5. The van der Waals surface area contributed by atoms with E-state index in [4.69, 9.17) is 5.73 Å². The van der Waals surface area contributed by atoms with E-state index < -0.39 is 4.92 Å². The first-order chi connectivity index (χ1) is 8.59. The molecule has 0 amide bonds. The van der Waals surface area contributed by atoms with Gasteiger partial charge in [-0.3, -0.25) is 15.0 Å². The lowest BCUT2D eigenvalue weighted by Crippen LogP contribution is -2.39. The van der Waals surface area contributed by atoms with Crippen molar-refractivity contribution < 1.29 is 4.92 Å². The summed E-state index contributed by atoms with van der Waals surface area (Å²) in [6.07, 6.45) is 0. The monoisotopic (exact) mass is 267 g/mol. The molecule has 98 valence electrons. The predicted octanol–water partition coefficient (Wildman–Crippen LogP) is 2.11. The molecular formula is C12H17N3O2S. The lowest BCUT2D eigenvalue weighted by atomic mass is 10.1. The minimum atomic E-state index is -0.422. The maximum Gasteiger partial charge on any atom is 0.292 e. The van der Waals surface area contributed by atoms with Crippen LogP contribution in [0.1, 0.15) is 12.5 Å². The molecule has 0 saturated carbocycles. The highest BCUT2D eigenvalue weighted by atomic mass is 32.2. The van der Waals surface area contributed by atoms with Crippen molar-refractivity contribution in [2.45, 2.75) is 19.5 Å². The number of para-hydroxylation sites is 1. The molecule has 1 fully saturated rings. The molecule has 2 rings (SSSR count). The van der Waals surface area contributed by atoms with Gasteiger partial charge >= 0.3 is 0 Å². The largest absolute Gasteiger partial charge is 0.393 e. The van der Waals surface area contributed by atoms with E-state index in [0.717, 1.165) is 23.6 Å². The number of anilines is 1. The third-order valence-electron chi connectivity index (χ3n) is 3.25. The van der Waals surface area contributed by atoms with Gasteiger partial charge in [0.05, 0.1) is 4.92 Å². The van der Waals surface area contributed by atoms with Crippen LogP contribution in [0.3, 0.4) is 0 Å². The standard InChI is InChI=1S/C12H17N3O2S/c1-9-8-18-6-5-14(9)7-10-3-2-4-11(12(10)13)15(16)17/h2-4,9H,5-8,13H2,1H3. The predicted molar refractivity (Wildman–Crippen MR) is 74.7 cm³/mol. The Balaban J connectivity index is 2.18. The normalized spacial score (nSPS) is 20.8. The van der Waals surface area contributed by atoms with E-state index in [9.17, 15) is 10.1 Å². The molecule has 1 aliphatic rings. The van der Waals surface area contributed by atoms with Crippen LogP contribution in [0.2, 0.25) is 0 Å². The van der Waals surface area contributed by atoms with E-state index >= 15 is 0 Å². The molecule has 1 saturated heterocycles. The van der Waals surface area contributed by atoms with Crippen LogP contribution in [0.25, 0.3) is 0 Å². The van der Waals surface area contributed by atoms with Gasteiger partial charge in [0.25, 0.3) is 5.69 Å². The third kappa shape index (κ3) is 2.76. The van der Waals surface area contributed by atoms with Crippen molar-refractivity contribution in [3.8, 4) is 0 Å². The summed E-state index contributed by atoms with van der Waals surface area (Å²) in [6, 6.07) is 5.51. The number of hydrogen-bond donors (Lipinski definition) is 1. The Morgan fingerprint density at radius 3 is 3.06 bits per heavy atom. The van der Waals surface area contributed by atoms with Gasteiger partial charge in [0.15, 0.2) is 0 Å². The summed E-state index contributed by atoms with van der Waals surface area (Å²) >= 11 is 1.95.